The summed E-state index contributed by atoms with van der Waals surface area (Å²) in [7, 11) is -3.53. The highest BCUT2D eigenvalue weighted by molar-refractivity contribution is 8.00. The van der Waals surface area contributed by atoms with Gasteiger partial charge in [-0.2, -0.15) is 16.1 Å². The molecular weight excluding hydrogens is 325 g/mol. The smallest absolute Gasteiger partial charge is 0.207 e. The number of halogens is 2. The molecule has 1 atom stereocenters. The molecule has 1 aliphatic heterocycles. The van der Waals surface area contributed by atoms with Crippen molar-refractivity contribution in [3.8, 4) is 0 Å². The lowest BCUT2D eigenvalue weighted by Crippen LogP contribution is -2.41. The second-order valence-electron chi connectivity index (χ2n) is 4.44. The topological polar surface area (TPSA) is 37.4 Å². The van der Waals surface area contributed by atoms with Gasteiger partial charge in [-0.05, 0) is 17.7 Å². The van der Waals surface area contributed by atoms with E-state index in [0.29, 0.717) is 18.3 Å². The molecule has 0 amide bonds. The molecule has 106 valence electrons. The van der Waals surface area contributed by atoms with Gasteiger partial charge in [0.1, 0.15) is 4.90 Å². The molecule has 1 aromatic rings. The van der Waals surface area contributed by atoms with E-state index in [4.69, 9.17) is 23.2 Å². The molecule has 0 spiro atoms. The van der Waals surface area contributed by atoms with E-state index in [1.54, 1.807) is 30.0 Å². The first-order chi connectivity index (χ1) is 8.95. The summed E-state index contributed by atoms with van der Waals surface area (Å²) in [5.74, 6) is 1.08. The Hall–Kier alpha value is 0.0600. The Morgan fingerprint density at radius 1 is 1.47 bits per heavy atom. The van der Waals surface area contributed by atoms with Crippen LogP contribution in [0.2, 0.25) is 5.02 Å². The minimum absolute atomic E-state index is 0.159. The predicted molar refractivity (Wildman–Crippen MR) is 81.7 cm³/mol. The van der Waals surface area contributed by atoms with Gasteiger partial charge in [0.05, 0.1) is 5.02 Å². The Bertz CT molecular complexity index is 563. The lowest BCUT2D eigenvalue weighted by atomic mass is 10.2. The Labute approximate surface area is 128 Å². The van der Waals surface area contributed by atoms with Gasteiger partial charge in [-0.1, -0.05) is 24.6 Å². The molecule has 1 aliphatic rings. The number of hydrogen-bond donors (Lipinski definition) is 0. The largest absolute Gasteiger partial charge is 0.244 e. The van der Waals surface area contributed by atoms with Crippen molar-refractivity contribution in [2.45, 2.75) is 22.9 Å². The van der Waals surface area contributed by atoms with Gasteiger partial charge in [0.2, 0.25) is 10.0 Å². The molecule has 2 rings (SSSR count). The van der Waals surface area contributed by atoms with Gasteiger partial charge in [-0.25, -0.2) is 8.42 Å². The number of alkyl halides is 1. The van der Waals surface area contributed by atoms with Crippen LogP contribution in [0.5, 0.6) is 0 Å². The Kier molecular flexibility index (Phi) is 5.06. The molecule has 0 radical (unpaired) electrons. The average Bonchev–Trinajstić information content (AvgIpc) is 2.39. The van der Waals surface area contributed by atoms with Crippen molar-refractivity contribution in [1.82, 2.24) is 4.31 Å². The summed E-state index contributed by atoms with van der Waals surface area (Å²) < 4.78 is 26.7. The molecule has 0 aliphatic carbocycles. The fourth-order valence-electron chi connectivity index (χ4n) is 1.97. The van der Waals surface area contributed by atoms with E-state index in [9.17, 15) is 8.42 Å². The lowest BCUT2D eigenvalue weighted by molar-refractivity contribution is 0.424. The highest BCUT2D eigenvalue weighted by Gasteiger charge is 2.30. The molecule has 3 nitrogen and oxygen atoms in total. The monoisotopic (exact) mass is 339 g/mol. The standard InChI is InChI=1S/C12H15Cl2NO2S2/c1-9-8-15(4-5-18-9)19(16,17)12-6-10(7-13)2-3-11(12)14/h2-3,6,9H,4-5,7-8H2,1H3. The maximum absolute atomic E-state index is 12.6. The highest BCUT2D eigenvalue weighted by atomic mass is 35.5. The molecule has 1 aromatic carbocycles. The van der Waals surface area contributed by atoms with Crippen LogP contribution in [-0.2, 0) is 15.9 Å². The number of benzene rings is 1. The van der Waals surface area contributed by atoms with Crippen LogP contribution in [-0.4, -0.2) is 36.8 Å². The molecule has 0 N–H and O–H groups in total. The highest BCUT2D eigenvalue weighted by Crippen LogP contribution is 2.29. The Morgan fingerprint density at radius 3 is 2.84 bits per heavy atom. The summed E-state index contributed by atoms with van der Waals surface area (Å²) in [5.41, 5.74) is 0.754. The van der Waals surface area contributed by atoms with Gasteiger partial charge in [0.15, 0.2) is 0 Å². The second-order valence-corrected chi connectivity index (χ2v) is 8.57. The zero-order valence-electron chi connectivity index (χ0n) is 10.5. The third-order valence-electron chi connectivity index (χ3n) is 2.97. The lowest BCUT2D eigenvalue weighted by Gasteiger charge is -2.30. The Balaban J connectivity index is 2.38. The van der Waals surface area contributed by atoms with Crippen molar-refractivity contribution in [2.24, 2.45) is 0 Å². The van der Waals surface area contributed by atoms with Crippen LogP contribution >= 0.6 is 35.0 Å². The summed E-state index contributed by atoms with van der Waals surface area (Å²) in [4.78, 5) is 0.159. The first-order valence-electron chi connectivity index (χ1n) is 5.91. The summed E-state index contributed by atoms with van der Waals surface area (Å²) in [5, 5.41) is 0.554. The summed E-state index contributed by atoms with van der Waals surface area (Å²) >= 11 is 13.6. The number of sulfonamides is 1. The van der Waals surface area contributed by atoms with E-state index >= 15 is 0 Å². The fraction of sp³-hybridized carbons (Fsp3) is 0.500. The van der Waals surface area contributed by atoms with Crippen molar-refractivity contribution in [3.63, 3.8) is 0 Å². The minimum atomic E-state index is -3.53. The van der Waals surface area contributed by atoms with Crippen molar-refractivity contribution in [3.05, 3.63) is 28.8 Å². The van der Waals surface area contributed by atoms with Crippen LogP contribution in [0.4, 0.5) is 0 Å². The summed E-state index contributed by atoms with van der Waals surface area (Å²) in [6.45, 7) is 3.08. The minimum Gasteiger partial charge on any atom is -0.207 e. The van der Waals surface area contributed by atoms with Crippen molar-refractivity contribution >= 4 is 45.0 Å². The van der Waals surface area contributed by atoms with Crippen LogP contribution < -0.4 is 0 Å². The van der Waals surface area contributed by atoms with Gasteiger partial charge in [-0.15, -0.1) is 11.6 Å². The van der Waals surface area contributed by atoms with Gasteiger partial charge in [0.25, 0.3) is 0 Å². The molecular formula is C12H15Cl2NO2S2. The first-order valence-corrected chi connectivity index (χ1v) is 9.31. The van der Waals surface area contributed by atoms with Crippen LogP contribution in [0.3, 0.4) is 0 Å². The molecule has 1 fully saturated rings. The average molecular weight is 340 g/mol. The van der Waals surface area contributed by atoms with Crippen molar-refractivity contribution in [1.29, 1.82) is 0 Å². The first kappa shape index (κ1) is 15.4. The van der Waals surface area contributed by atoms with E-state index in [-0.39, 0.29) is 15.8 Å². The summed E-state index contributed by atoms with van der Waals surface area (Å²) in [6, 6.07) is 4.90. The van der Waals surface area contributed by atoms with Crippen LogP contribution in [0, 0.1) is 0 Å². The van der Waals surface area contributed by atoms with Crippen molar-refractivity contribution < 1.29 is 8.42 Å². The van der Waals surface area contributed by atoms with E-state index in [0.717, 1.165) is 11.3 Å². The van der Waals surface area contributed by atoms with Gasteiger partial charge in [0, 0.05) is 30.0 Å². The van der Waals surface area contributed by atoms with Crippen LogP contribution in [0.15, 0.2) is 23.1 Å². The number of hydrogen-bond acceptors (Lipinski definition) is 3. The summed E-state index contributed by atoms with van der Waals surface area (Å²) in [6.07, 6.45) is 0. The Morgan fingerprint density at radius 2 is 2.21 bits per heavy atom. The van der Waals surface area contributed by atoms with Crippen molar-refractivity contribution in [2.75, 3.05) is 18.8 Å². The predicted octanol–water partition coefficient (Wildman–Crippen LogP) is 3.20. The van der Waals surface area contributed by atoms with E-state index in [2.05, 4.69) is 0 Å². The molecule has 1 unspecified atom stereocenters. The second kappa shape index (κ2) is 6.22. The molecule has 0 aromatic heterocycles. The molecule has 0 bridgehead atoms. The van der Waals surface area contributed by atoms with Crippen LogP contribution in [0.25, 0.3) is 0 Å². The number of rotatable bonds is 3. The third-order valence-corrected chi connectivity index (χ3v) is 6.76. The van der Waals surface area contributed by atoms with Gasteiger partial charge >= 0.3 is 0 Å². The molecule has 1 saturated heterocycles. The molecule has 19 heavy (non-hydrogen) atoms. The zero-order valence-corrected chi connectivity index (χ0v) is 13.6. The quantitative estimate of drug-likeness (QED) is 0.793. The van der Waals surface area contributed by atoms with Gasteiger partial charge in [-0.3, -0.25) is 0 Å². The maximum atomic E-state index is 12.6. The maximum Gasteiger partial charge on any atom is 0.244 e. The fourth-order valence-corrected chi connectivity index (χ4v) is 5.42. The van der Waals surface area contributed by atoms with Gasteiger partial charge < -0.3 is 0 Å². The molecule has 0 saturated carbocycles. The SMILES string of the molecule is CC1CN(S(=O)(=O)c2cc(CCl)ccc2Cl)CCS1. The van der Waals surface area contributed by atoms with E-state index < -0.39 is 10.0 Å². The zero-order chi connectivity index (χ0) is 14.0. The number of nitrogens with zero attached hydrogens (tertiary/aromatic N) is 1. The van der Waals surface area contributed by atoms with E-state index in [1.165, 1.54) is 4.31 Å². The number of thioether (sulfide) groups is 1. The third kappa shape index (κ3) is 3.39. The van der Waals surface area contributed by atoms with Crippen LogP contribution in [0.1, 0.15) is 12.5 Å². The van der Waals surface area contributed by atoms with E-state index in [1.807, 2.05) is 6.92 Å². The normalized spacial score (nSPS) is 21.5. The molecule has 7 heteroatoms. The molecule has 1 heterocycles.